The Hall–Kier alpha value is -1.62. The SMILES string of the molecule is CC(C)N(CCC(=O)O)C(C)c1cc(F)ccc1O. The lowest BCUT2D eigenvalue weighted by Gasteiger charge is -2.32. The number of hydrogen-bond donors (Lipinski definition) is 2. The summed E-state index contributed by atoms with van der Waals surface area (Å²) in [5.41, 5.74) is 0.471. The summed E-state index contributed by atoms with van der Waals surface area (Å²) >= 11 is 0. The molecule has 0 fully saturated rings. The number of carbonyl (C=O) groups is 1. The van der Waals surface area contributed by atoms with E-state index in [1.165, 1.54) is 18.2 Å². The number of phenols is 1. The van der Waals surface area contributed by atoms with Crippen LogP contribution in [-0.2, 0) is 4.79 Å². The monoisotopic (exact) mass is 269 g/mol. The van der Waals surface area contributed by atoms with Crippen molar-refractivity contribution >= 4 is 5.97 Å². The minimum Gasteiger partial charge on any atom is -0.508 e. The van der Waals surface area contributed by atoms with Gasteiger partial charge in [-0.3, -0.25) is 9.69 Å². The van der Waals surface area contributed by atoms with E-state index >= 15 is 0 Å². The van der Waals surface area contributed by atoms with Crippen LogP contribution in [-0.4, -0.2) is 33.7 Å². The van der Waals surface area contributed by atoms with Crippen molar-refractivity contribution in [3.05, 3.63) is 29.6 Å². The lowest BCUT2D eigenvalue weighted by atomic mass is 10.0. The Morgan fingerprint density at radius 3 is 2.53 bits per heavy atom. The molecule has 1 atom stereocenters. The molecule has 0 bridgehead atoms. The van der Waals surface area contributed by atoms with Crippen LogP contribution in [0.15, 0.2) is 18.2 Å². The van der Waals surface area contributed by atoms with Gasteiger partial charge in [0.25, 0.3) is 0 Å². The highest BCUT2D eigenvalue weighted by molar-refractivity contribution is 5.66. The molecule has 0 aliphatic heterocycles. The smallest absolute Gasteiger partial charge is 0.304 e. The molecule has 0 aromatic heterocycles. The summed E-state index contributed by atoms with van der Waals surface area (Å²) in [5.74, 6) is -1.27. The molecule has 1 aromatic rings. The summed E-state index contributed by atoms with van der Waals surface area (Å²) in [6, 6.07) is 3.64. The van der Waals surface area contributed by atoms with Gasteiger partial charge in [-0.1, -0.05) is 0 Å². The van der Waals surface area contributed by atoms with Crippen LogP contribution in [0.3, 0.4) is 0 Å². The van der Waals surface area contributed by atoms with Crippen molar-refractivity contribution < 1.29 is 19.4 Å². The van der Waals surface area contributed by atoms with Crippen LogP contribution in [0.1, 0.15) is 38.8 Å². The van der Waals surface area contributed by atoms with Crippen LogP contribution in [0.5, 0.6) is 5.75 Å². The van der Waals surface area contributed by atoms with E-state index in [0.717, 1.165) is 0 Å². The number of aromatic hydroxyl groups is 1. The number of halogens is 1. The fourth-order valence-corrected chi connectivity index (χ4v) is 2.16. The van der Waals surface area contributed by atoms with E-state index in [1.54, 1.807) is 0 Å². The van der Waals surface area contributed by atoms with Gasteiger partial charge in [0, 0.05) is 24.2 Å². The summed E-state index contributed by atoms with van der Waals surface area (Å²) < 4.78 is 13.3. The number of benzene rings is 1. The second-order valence-corrected chi connectivity index (χ2v) is 4.85. The minimum absolute atomic E-state index is 0.0125. The summed E-state index contributed by atoms with van der Waals surface area (Å²) in [7, 11) is 0. The molecule has 0 amide bonds. The van der Waals surface area contributed by atoms with E-state index in [9.17, 15) is 14.3 Å². The molecule has 5 heteroatoms. The van der Waals surface area contributed by atoms with Crippen molar-refractivity contribution in [2.24, 2.45) is 0 Å². The molecule has 1 aromatic carbocycles. The average Bonchev–Trinajstić information content (AvgIpc) is 2.31. The van der Waals surface area contributed by atoms with Gasteiger partial charge in [0.05, 0.1) is 6.42 Å². The van der Waals surface area contributed by atoms with Gasteiger partial charge in [0.2, 0.25) is 0 Å². The zero-order valence-corrected chi connectivity index (χ0v) is 11.4. The predicted molar refractivity (Wildman–Crippen MR) is 70.6 cm³/mol. The molecule has 0 radical (unpaired) electrons. The summed E-state index contributed by atoms with van der Waals surface area (Å²) in [6.07, 6.45) is 0.0125. The first-order valence-corrected chi connectivity index (χ1v) is 6.29. The van der Waals surface area contributed by atoms with E-state index in [0.29, 0.717) is 12.1 Å². The van der Waals surface area contributed by atoms with E-state index < -0.39 is 11.8 Å². The number of carboxylic acid groups (broad SMARTS) is 1. The van der Waals surface area contributed by atoms with E-state index in [1.807, 2.05) is 25.7 Å². The van der Waals surface area contributed by atoms with Crippen LogP contribution in [0.25, 0.3) is 0 Å². The van der Waals surface area contributed by atoms with Crippen molar-refractivity contribution in [3.63, 3.8) is 0 Å². The van der Waals surface area contributed by atoms with Gasteiger partial charge in [0.1, 0.15) is 11.6 Å². The fourth-order valence-electron chi connectivity index (χ4n) is 2.16. The molecular formula is C14H20FNO3. The van der Waals surface area contributed by atoms with Crippen molar-refractivity contribution in [2.45, 2.75) is 39.3 Å². The quantitative estimate of drug-likeness (QED) is 0.833. The molecular weight excluding hydrogens is 249 g/mol. The molecule has 2 N–H and O–H groups in total. The first kappa shape index (κ1) is 15.4. The number of aliphatic carboxylic acids is 1. The van der Waals surface area contributed by atoms with Gasteiger partial charge < -0.3 is 10.2 Å². The Labute approximate surface area is 112 Å². The number of nitrogens with zero attached hydrogens (tertiary/aromatic N) is 1. The number of hydrogen-bond acceptors (Lipinski definition) is 3. The maximum absolute atomic E-state index is 13.3. The molecule has 0 aliphatic carbocycles. The Balaban J connectivity index is 2.95. The van der Waals surface area contributed by atoms with Crippen molar-refractivity contribution in [1.29, 1.82) is 0 Å². The molecule has 0 spiro atoms. The Kier molecular flexibility index (Phi) is 5.30. The second kappa shape index (κ2) is 6.52. The summed E-state index contributed by atoms with van der Waals surface area (Å²) in [6.45, 7) is 6.06. The average molecular weight is 269 g/mol. The summed E-state index contributed by atoms with van der Waals surface area (Å²) in [4.78, 5) is 12.6. The summed E-state index contributed by atoms with van der Waals surface area (Å²) in [5, 5.41) is 18.6. The molecule has 1 unspecified atom stereocenters. The number of phenolic OH excluding ortho intramolecular Hbond substituents is 1. The zero-order valence-electron chi connectivity index (χ0n) is 11.4. The highest BCUT2D eigenvalue weighted by atomic mass is 19.1. The second-order valence-electron chi connectivity index (χ2n) is 4.85. The van der Waals surface area contributed by atoms with Gasteiger partial charge in [-0.05, 0) is 39.0 Å². The van der Waals surface area contributed by atoms with Gasteiger partial charge in [-0.2, -0.15) is 0 Å². The predicted octanol–water partition coefficient (Wildman–Crippen LogP) is 2.78. The van der Waals surface area contributed by atoms with E-state index in [2.05, 4.69) is 0 Å². The molecule has 0 saturated carbocycles. The first-order valence-electron chi connectivity index (χ1n) is 6.29. The standard InChI is InChI=1S/C14H20FNO3/c1-9(2)16(7-6-14(18)19)10(3)12-8-11(15)4-5-13(12)17/h4-5,8-10,17H,6-7H2,1-3H3,(H,18,19). The molecule has 0 saturated heterocycles. The van der Waals surface area contributed by atoms with Crippen molar-refractivity contribution in [3.8, 4) is 5.75 Å². The van der Waals surface area contributed by atoms with Crippen LogP contribution in [0.4, 0.5) is 4.39 Å². The van der Waals surface area contributed by atoms with Crippen LogP contribution in [0, 0.1) is 5.82 Å². The van der Waals surface area contributed by atoms with Crippen molar-refractivity contribution in [2.75, 3.05) is 6.54 Å². The molecule has 0 heterocycles. The van der Waals surface area contributed by atoms with Crippen LogP contribution >= 0.6 is 0 Å². The van der Waals surface area contributed by atoms with E-state index in [-0.39, 0.29) is 24.3 Å². The third-order valence-electron chi connectivity index (χ3n) is 3.18. The van der Waals surface area contributed by atoms with E-state index in [4.69, 9.17) is 5.11 Å². The minimum atomic E-state index is -0.874. The highest BCUT2D eigenvalue weighted by Gasteiger charge is 2.22. The zero-order chi connectivity index (χ0) is 14.6. The number of carboxylic acids is 1. The van der Waals surface area contributed by atoms with Crippen LogP contribution < -0.4 is 0 Å². The Morgan fingerprint density at radius 2 is 2.00 bits per heavy atom. The van der Waals surface area contributed by atoms with Gasteiger partial charge in [-0.15, -0.1) is 0 Å². The fraction of sp³-hybridized carbons (Fsp3) is 0.500. The van der Waals surface area contributed by atoms with Gasteiger partial charge in [0.15, 0.2) is 0 Å². The normalized spacial score (nSPS) is 12.9. The Morgan fingerprint density at radius 1 is 1.37 bits per heavy atom. The lowest BCUT2D eigenvalue weighted by molar-refractivity contribution is -0.137. The van der Waals surface area contributed by atoms with Crippen molar-refractivity contribution in [1.82, 2.24) is 4.90 Å². The topological polar surface area (TPSA) is 60.8 Å². The molecule has 19 heavy (non-hydrogen) atoms. The number of rotatable bonds is 6. The molecule has 1 rings (SSSR count). The third kappa shape index (κ3) is 4.21. The Bertz CT molecular complexity index is 448. The lowest BCUT2D eigenvalue weighted by Crippen LogP contribution is -2.35. The maximum Gasteiger partial charge on any atom is 0.304 e. The van der Waals surface area contributed by atoms with Crippen LogP contribution in [0.2, 0.25) is 0 Å². The maximum atomic E-state index is 13.3. The third-order valence-corrected chi connectivity index (χ3v) is 3.18. The molecule has 106 valence electrons. The molecule has 4 nitrogen and oxygen atoms in total. The highest BCUT2D eigenvalue weighted by Crippen LogP contribution is 2.30. The van der Waals surface area contributed by atoms with Gasteiger partial charge in [-0.25, -0.2) is 4.39 Å². The largest absolute Gasteiger partial charge is 0.508 e. The first-order chi connectivity index (χ1) is 8.82. The molecule has 0 aliphatic rings. The van der Waals surface area contributed by atoms with Gasteiger partial charge >= 0.3 is 5.97 Å².